The number of hydrogen-bond donors (Lipinski definition) is 3. The standard InChI is InChI=1S/C33H48ClN5O8/c1-11-12-21(24(40)28(42)35-9)36-27(41)23-16-33(15-22(38-47-33)19-13-18(2)25(45-10)20(34)14-19)17-39(23)29(43)26(31(3,4)5)37-30(44)46-32(6,7)8/h13-14,21,23,26H,11-12,15-17H2,1-10H3,(H,35,42)(H,36,41)(H,37,44)/t21-,23-,26+,33+/m0/s1. The van der Waals surface area contributed by atoms with E-state index in [1.54, 1.807) is 47.6 Å². The lowest BCUT2D eigenvalue weighted by Crippen LogP contribution is -2.59. The van der Waals surface area contributed by atoms with Gasteiger partial charge in [-0.25, -0.2) is 4.79 Å². The van der Waals surface area contributed by atoms with E-state index in [-0.39, 0.29) is 25.8 Å². The van der Waals surface area contributed by atoms with Crippen LogP contribution in [-0.4, -0.2) is 90.2 Å². The molecule has 0 bridgehead atoms. The summed E-state index contributed by atoms with van der Waals surface area (Å²) in [6, 6.07) is 0.289. The van der Waals surface area contributed by atoms with Crippen molar-refractivity contribution in [2.24, 2.45) is 10.6 Å². The Kier molecular flexibility index (Phi) is 11.6. The fourth-order valence-corrected chi connectivity index (χ4v) is 6.13. The summed E-state index contributed by atoms with van der Waals surface area (Å²) < 4.78 is 10.8. The summed E-state index contributed by atoms with van der Waals surface area (Å²) >= 11 is 6.46. The molecule has 14 heteroatoms. The molecule has 2 heterocycles. The zero-order chi connectivity index (χ0) is 35.5. The van der Waals surface area contributed by atoms with E-state index in [0.29, 0.717) is 28.5 Å². The van der Waals surface area contributed by atoms with Crippen molar-refractivity contribution in [1.29, 1.82) is 0 Å². The number of likely N-dealkylation sites (tertiary alicyclic amines) is 1. The minimum atomic E-state index is -1.11. The molecule has 13 nitrogen and oxygen atoms in total. The van der Waals surface area contributed by atoms with E-state index in [2.05, 4.69) is 21.1 Å². The third-order valence-electron chi connectivity index (χ3n) is 8.03. The first-order valence-electron chi connectivity index (χ1n) is 15.7. The summed E-state index contributed by atoms with van der Waals surface area (Å²) in [5, 5.41) is 12.5. The van der Waals surface area contributed by atoms with Crippen LogP contribution < -0.4 is 20.7 Å². The van der Waals surface area contributed by atoms with Crippen LogP contribution in [0.15, 0.2) is 17.3 Å². The van der Waals surface area contributed by atoms with Gasteiger partial charge in [0, 0.05) is 25.5 Å². The normalized spacial score (nSPS) is 20.5. The molecule has 1 fully saturated rings. The predicted octanol–water partition coefficient (Wildman–Crippen LogP) is 3.66. The lowest BCUT2D eigenvalue weighted by molar-refractivity contribution is -0.144. The second-order valence-electron chi connectivity index (χ2n) is 14.2. The van der Waals surface area contributed by atoms with Gasteiger partial charge in [0.2, 0.25) is 17.6 Å². The largest absolute Gasteiger partial charge is 0.495 e. The number of carbonyl (C=O) groups excluding carboxylic acids is 5. The number of Topliss-reactive ketones (excluding diaryl/α,β-unsaturated/α-hetero) is 1. The van der Waals surface area contributed by atoms with E-state index in [1.807, 2.05) is 19.9 Å². The lowest BCUT2D eigenvalue weighted by atomic mass is 9.85. The molecule has 260 valence electrons. The van der Waals surface area contributed by atoms with Crippen LogP contribution >= 0.6 is 11.6 Å². The Bertz CT molecular complexity index is 1410. The van der Waals surface area contributed by atoms with Gasteiger partial charge in [0.1, 0.15) is 23.4 Å². The second-order valence-corrected chi connectivity index (χ2v) is 14.6. The van der Waals surface area contributed by atoms with Crippen LogP contribution in [0.5, 0.6) is 5.75 Å². The summed E-state index contributed by atoms with van der Waals surface area (Å²) in [5.41, 5.74) is -0.621. The molecule has 1 spiro atoms. The monoisotopic (exact) mass is 677 g/mol. The Labute approximate surface area is 281 Å². The number of oxime groups is 1. The number of halogens is 1. The van der Waals surface area contributed by atoms with Gasteiger partial charge in [-0.15, -0.1) is 0 Å². The van der Waals surface area contributed by atoms with Gasteiger partial charge < -0.3 is 35.2 Å². The molecule has 47 heavy (non-hydrogen) atoms. The SMILES string of the molecule is CCC[C@H](NC(=O)[C@@H]1C[C@]2(CC(c3cc(C)c(OC)c(Cl)c3)=NO2)CN1C(=O)[C@@H](NC(=O)OC(C)(C)C)C(C)(C)C)C(=O)C(=O)NC. The van der Waals surface area contributed by atoms with Crippen molar-refractivity contribution in [3.05, 3.63) is 28.3 Å². The van der Waals surface area contributed by atoms with Crippen molar-refractivity contribution in [2.75, 3.05) is 20.7 Å². The Morgan fingerprint density at radius 2 is 1.79 bits per heavy atom. The Morgan fingerprint density at radius 3 is 2.32 bits per heavy atom. The number of alkyl carbamates (subject to hydrolysis) is 1. The van der Waals surface area contributed by atoms with E-state index < -0.39 is 64.3 Å². The molecule has 3 rings (SSSR count). The molecule has 0 unspecified atom stereocenters. The highest BCUT2D eigenvalue weighted by atomic mass is 35.5. The summed E-state index contributed by atoms with van der Waals surface area (Å²) in [7, 11) is 2.87. The van der Waals surface area contributed by atoms with Crippen molar-refractivity contribution in [3.63, 3.8) is 0 Å². The number of aryl methyl sites for hydroxylation is 1. The van der Waals surface area contributed by atoms with Crippen LogP contribution in [0.1, 0.15) is 85.3 Å². The van der Waals surface area contributed by atoms with Crippen LogP contribution in [0, 0.1) is 12.3 Å². The predicted molar refractivity (Wildman–Crippen MR) is 176 cm³/mol. The molecular formula is C33H48ClN5O8. The molecular weight excluding hydrogens is 630 g/mol. The molecule has 1 aromatic carbocycles. The topological polar surface area (TPSA) is 165 Å². The van der Waals surface area contributed by atoms with Crippen LogP contribution in [-0.2, 0) is 28.8 Å². The number of nitrogens with zero attached hydrogens (tertiary/aromatic N) is 2. The number of benzene rings is 1. The minimum Gasteiger partial charge on any atom is -0.495 e. The lowest BCUT2D eigenvalue weighted by Gasteiger charge is -2.36. The molecule has 2 aliphatic heterocycles. The van der Waals surface area contributed by atoms with Crippen molar-refractivity contribution in [2.45, 2.75) is 110 Å². The first-order chi connectivity index (χ1) is 21.8. The molecule has 2 aliphatic rings. The highest BCUT2D eigenvalue weighted by Crippen LogP contribution is 2.41. The number of methoxy groups -OCH3 is 1. The van der Waals surface area contributed by atoms with Crippen molar-refractivity contribution in [3.8, 4) is 5.75 Å². The van der Waals surface area contributed by atoms with Crippen molar-refractivity contribution < 1.29 is 38.3 Å². The Balaban J connectivity index is 1.99. The fraction of sp³-hybridized carbons (Fsp3) is 0.636. The Morgan fingerprint density at radius 1 is 1.13 bits per heavy atom. The zero-order valence-corrected chi connectivity index (χ0v) is 29.7. The Hall–Kier alpha value is -3.87. The van der Waals surface area contributed by atoms with Crippen LogP contribution in [0.4, 0.5) is 4.79 Å². The van der Waals surface area contributed by atoms with Crippen molar-refractivity contribution in [1.82, 2.24) is 20.9 Å². The number of ether oxygens (including phenoxy) is 2. The van der Waals surface area contributed by atoms with E-state index in [0.717, 1.165) is 5.56 Å². The molecule has 0 radical (unpaired) electrons. The number of hydrogen-bond acceptors (Lipinski definition) is 9. The first kappa shape index (κ1) is 37.6. The molecule has 1 saturated heterocycles. The zero-order valence-electron chi connectivity index (χ0n) is 29.0. The number of rotatable bonds is 10. The van der Waals surface area contributed by atoms with Gasteiger partial charge in [0.05, 0.1) is 30.4 Å². The van der Waals surface area contributed by atoms with E-state index in [1.165, 1.54) is 19.1 Å². The molecule has 0 saturated carbocycles. The smallest absolute Gasteiger partial charge is 0.408 e. The van der Waals surface area contributed by atoms with Gasteiger partial charge >= 0.3 is 6.09 Å². The summed E-state index contributed by atoms with van der Waals surface area (Å²) in [6.45, 7) is 14.1. The number of carbonyl (C=O) groups is 5. The molecule has 3 N–H and O–H groups in total. The van der Waals surface area contributed by atoms with Crippen LogP contribution in [0.3, 0.4) is 0 Å². The molecule has 1 aromatic rings. The van der Waals surface area contributed by atoms with E-state index >= 15 is 0 Å². The third-order valence-corrected chi connectivity index (χ3v) is 8.31. The number of likely N-dealkylation sites (N-methyl/N-ethyl adjacent to an activating group) is 1. The minimum absolute atomic E-state index is 0.0375. The maximum Gasteiger partial charge on any atom is 0.408 e. The molecule has 4 amide bonds. The van der Waals surface area contributed by atoms with Gasteiger partial charge in [0.25, 0.3) is 5.91 Å². The molecule has 4 atom stereocenters. The molecule has 0 aliphatic carbocycles. The number of amides is 4. The summed E-state index contributed by atoms with van der Waals surface area (Å²) in [6.07, 6.45) is 0.236. The van der Waals surface area contributed by atoms with Gasteiger partial charge in [-0.3, -0.25) is 19.2 Å². The maximum absolute atomic E-state index is 14.4. The highest BCUT2D eigenvalue weighted by molar-refractivity contribution is 6.38. The number of nitrogens with one attached hydrogen (secondary N) is 3. The molecule has 0 aromatic heterocycles. The van der Waals surface area contributed by atoms with E-state index in [4.69, 9.17) is 25.9 Å². The summed E-state index contributed by atoms with van der Waals surface area (Å²) in [5.74, 6) is -2.25. The van der Waals surface area contributed by atoms with Crippen molar-refractivity contribution >= 4 is 46.9 Å². The van der Waals surface area contributed by atoms with Gasteiger partial charge in [-0.05, 0) is 57.2 Å². The average molecular weight is 678 g/mol. The fourth-order valence-electron chi connectivity index (χ4n) is 5.79. The van der Waals surface area contributed by atoms with Crippen LogP contribution in [0.25, 0.3) is 0 Å². The number of ketones is 1. The summed E-state index contributed by atoms with van der Waals surface area (Å²) in [4.78, 5) is 73.6. The van der Waals surface area contributed by atoms with Crippen LogP contribution in [0.2, 0.25) is 5.02 Å². The second kappa shape index (κ2) is 14.5. The highest BCUT2D eigenvalue weighted by Gasteiger charge is 2.56. The average Bonchev–Trinajstić information content (AvgIpc) is 3.56. The third kappa shape index (κ3) is 8.94. The maximum atomic E-state index is 14.4. The van der Waals surface area contributed by atoms with E-state index in [9.17, 15) is 24.0 Å². The van der Waals surface area contributed by atoms with Gasteiger partial charge in [-0.1, -0.05) is 50.9 Å². The van der Waals surface area contributed by atoms with Gasteiger partial charge in [-0.2, -0.15) is 0 Å². The first-order valence-corrected chi connectivity index (χ1v) is 16.1. The quantitative estimate of drug-likeness (QED) is 0.316. The van der Waals surface area contributed by atoms with Gasteiger partial charge in [0.15, 0.2) is 5.60 Å².